The standard InChI is InChI=1S/C12H23N.C12H17N.C6H13N/c2*1-3-7-11(8-4-1)13-12-9-5-2-6-10-12;7-6-4-2-1-3-5-6/h11-13H,1-10H2;1,3-4,7-8,12-13H,2,5-6,9-10H2;6H,1-5,7H2. The first-order valence-corrected chi connectivity index (χ1v) is 14.6. The van der Waals surface area contributed by atoms with Crippen LogP contribution in [0.15, 0.2) is 30.3 Å². The number of anilines is 1. The van der Waals surface area contributed by atoms with Crippen LogP contribution in [0.1, 0.15) is 128 Å². The van der Waals surface area contributed by atoms with Crippen molar-refractivity contribution in [3.05, 3.63) is 30.3 Å². The Kier molecular flexibility index (Phi) is 13.3. The Morgan fingerprint density at radius 3 is 1.27 bits per heavy atom. The van der Waals surface area contributed by atoms with Gasteiger partial charge in [0.15, 0.2) is 0 Å². The van der Waals surface area contributed by atoms with Gasteiger partial charge in [0.25, 0.3) is 0 Å². The van der Waals surface area contributed by atoms with Crippen molar-refractivity contribution in [2.45, 2.75) is 153 Å². The molecule has 0 spiro atoms. The predicted octanol–water partition coefficient (Wildman–Crippen LogP) is 7.95. The average molecular weight is 456 g/mol. The third kappa shape index (κ3) is 11.8. The first-order chi connectivity index (χ1) is 16.3. The molecule has 0 radical (unpaired) electrons. The number of nitrogens with two attached hydrogens (primary N) is 1. The molecule has 0 aromatic heterocycles. The van der Waals surface area contributed by atoms with Gasteiger partial charge in [-0.15, -0.1) is 0 Å². The van der Waals surface area contributed by atoms with Crippen LogP contribution in [-0.4, -0.2) is 24.2 Å². The summed E-state index contributed by atoms with van der Waals surface area (Å²) in [4.78, 5) is 0. The fraction of sp³-hybridized carbons (Fsp3) is 0.800. The second-order valence-corrected chi connectivity index (χ2v) is 11.1. The van der Waals surface area contributed by atoms with Gasteiger partial charge in [0.2, 0.25) is 0 Å². The fourth-order valence-electron chi connectivity index (χ4n) is 6.02. The van der Waals surface area contributed by atoms with E-state index in [1.165, 1.54) is 134 Å². The molecule has 33 heavy (non-hydrogen) atoms. The van der Waals surface area contributed by atoms with Crippen molar-refractivity contribution in [1.82, 2.24) is 5.32 Å². The van der Waals surface area contributed by atoms with Gasteiger partial charge in [0, 0.05) is 29.9 Å². The van der Waals surface area contributed by atoms with Crippen LogP contribution >= 0.6 is 0 Å². The Labute approximate surface area is 205 Å². The lowest BCUT2D eigenvalue weighted by atomic mass is 9.91. The summed E-state index contributed by atoms with van der Waals surface area (Å²) in [7, 11) is 0. The molecule has 5 rings (SSSR count). The normalized spacial score (nSPS) is 23.5. The van der Waals surface area contributed by atoms with E-state index < -0.39 is 0 Å². The maximum Gasteiger partial charge on any atom is 0.0342 e. The van der Waals surface area contributed by atoms with Crippen LogP contribution in [-0.2, 0) is 0 Å². The van der Waals surface area contributed by atoms with Crippen molar-refractivity contribution >= 4 is 5.69 Å². The lowest BCUT2D eigenvalue weighted by Gasteiger charge is -2.30. The van der Waals surface area contributed by atoms with Gasteiger partial charge in [-0.3, -0.25) is 0 Å². The molecular weight excluding hydrogens is 402 g/mol. The van der Waals surface area contributed by atoms with Crippen molar-refractivity contribution in [2.75, 3.05) is 5.32 Å². The molecule has 0 aliphatic heterocycles. The van der Waals surface area contributed by atoms with Crippen molar-refractivity contribution < 1.29 is 0 Å². The molecule has 0 bridgehead atoms. The van der Waals surface area contributed by atoms with Crippen LogP contribution in [0.25, 0.3) is 0 Å². The summed E-state index contributed by atoms with van der Waals surface area (Å²) in [5.74, 6) is 0. The molecule has 1 aromatic rings. The maximum atomic E-state index is 5.63. The van der Waals surface area contributed by atoms with Gasteiger partial charge in [0.1, 0.15) is 0 Å². The summed E-state index contributed by atoms with van der Waals surface area (Å²) >= 11 is 0. The number of benzene rings is 1. The van der Waals surface area contributed by atoms with E-state index in [-0.39, 0.29) is 0 Å². The van der Waals surface area contributed by atoms with Gasteiger partial charge >= 0.3 is 0 Å². The number of para-hydroxylation sites is 1. The summed E-state index contributed by atoms with van der Waals surface area (Å²) in [5.41, 5.74) is 6.91. The quantitative estimate of drug-likeness (QED) is 0.432. The van der Waals surface area contributed by atoms with E-state index in [9.17, 15) is 0 Å². The Balaban J connectivity index is 0.000000146. The minimum atomic E-state index is 0.536. The lowest BCUT2D eigenvalue weighted by Crippen LogP contribution is -2.40. The molecule has 0 saturated heterocycles. The molecule has 4 fully saturated rings. The molecule has 4 aliphatic rings. The van der Waals surface area contributed by atoms with Crippen molar-refractivity contribution in [2.24, 2.45) is 5.73 Å². The molecule has 0 heterocycles. The number of rotatable bonds is 4. The van der Waals surface area contributed by atoms with Crippen LogP contribution in [0.3, 0.4) is 0 Å². The van der Waals surface area contributed by atoms with Gasteiger partial charge in [0.05, 0.1) is 0 Å². The number of hydrogen-bond donors (Lipinski definition) is 3. The van der Waals surface area contributed by atoms with Crippen LogP contribution < -0.4 is 16.4 Å². The van der Waals surface area contributed by atoms with E-state index in [1.54, 1.807) is 0 Å². The van der Waals surface area contributed by atoms with Crippen LogP contribution in [0.2, 0.25) is 0 Å². The first-order valence-electron chi connectivity index (χ1n) is 14.6. The average Bonchev–Trinajstić information content (AvgIpc) is 2.88. The number of nitrogens with one attached hydrogen (secondary N) is 2. The highest BCUT2D eigenvalue weighted by atomic mass is 14.9. The first kappa shape index (κ1) is 26.5. The molecule has 0 amide bonds. The zero-order valence-electron chi connectivity index (χ0n) is 21.4. The van der Waals surface area contributed by atoms with Crippen molar-refractivity contribution in [3.63, 3.8) is 0 Å². The predicted molar refractivity (Wildman–Crippen MR) is 145 cm³/mol. The number of hydrogen-bond acceptors (Lipinski definition) is 3. The molecule has 4 aliphatic carbocycles. The Hall–Kier alpha value is -1.06. The molecule has 3 nitrogen and oxygen atoms in total. The van der Waals surface area contributed by atoms with E-state index in [1.807, 2.05) is 0 Å². The van der Waals surface area contributed by atoms with Gasteiger partial charge < -0.3 is 16.4 Å². The molecule has 1 aromatic carbocycles. The Bertz CT molecular complexity index is 549. The molecule has 3 heteroatoms. The topological polar surface area (TPSA) is 50.1 Å². The summed E-state index contributed by atoms with van der Waals surface area (Å²) in [6.45, 7) is 0. The zero-order chi connectivity index (χ0) is 23.0. The van der Waals surface area contributed by atoms with Crippen LogP contribution in [0.5, 0.6) is 0 Å². The third-order valence-electron chi connectivity index (χ3n) is 8.08. The van der Waals surface area contributed by atoms with E-state index in [0.717, 1.165) is 18.1 Å². The summed E-state index contributed by atoms with van der Waals surface area (Å²) < 4.78 is 0. The van der Waals surface area contributed by atoms with E-state index in [2.05, 4.69) is 41.0 Å². The Morgan fingerprint density at radius 2 is 0.879 bits per heavy atom. The van der Waals surface area contributed by atoms with Crippen molar-refractivity contribution in [1.29, 1.82) is 0 Å². The highest BCUT2D eigenvalue weighted by molar-refractivity contribution is 5.43. The van der Waals surface area contributed by atoms with Gasteiger partial charge in [-0.25, -0.2) is 0 Å². The van der Waals surface area contributed by atoms with E-state index in [0.29, 0.717) is 6.04 Å². The maximum absolute atomic E-state index is 5.63. The Morgan fingerprint density at radius 1 is 0.485 bits per heavy atom. The SMILES string of the molecule is C1CCC(NC2CCCCC2)CC1.NC1CCCCC1.c1ccc(NC2CCCCC2)cc1. The van der Waals surface area contributed by atoms with E-state index in [4.69, 9.17) is 5.73 Å². The monoisotopic (exact) mass is 455 g/mol. The van der Waals surface area contributed by atoms with Crippen molar-refractivity contribution in [3.8, 4) is 0 Å². The highest BCUT2D eigenvalue weighted by Gasteiger charge is 2.19. The van der Waals surface area contributed by atoms with Crippen LogP contribution in [0, 0.1) is 0 Å². The lowest BCUT2D eigenvalue weighted by molar-refractivity contribution is 0.291. The summed E-state index contributed by atoms with van der Waals surface area (Å²) in [5, 5.41) is 7.44. The summed E-state index contributed by atoms with van der Waals surface area (Å²) in [6, 6.07) is 13.5. The zero-order valence-corrected chi connectivity index (χ0v) is 21.4. The molecular formula is C30H53N3. The van der Waals surface area contributed by atoms with Gasteiger partial charge in [-0.05, 0) is 63.5 Å². The second-order valence-electron chi connectivity index (χ2n) is 11.1. The molecule has 4 N–H and O–H groups in total. The second kappa shape index (κ2) is 16.5. The molecule has 188 valence electrons. The third-order valence-corrected chi connectivity index (χ3v) is 8.08. The fourth-order valence-corrected chi connectivity index (χ4v) is 6.02. The largest absolute Gasteiger partial charge is 0.382 e. The van der Waals surface area contributed by atoms with Gasteiger partial charge in [-0.1, -0.05) is 95.2 Å². The van der Waals surface area contributed by atoms with E-state index >= 15 is 0 Å². The minimum Gasteiger partial charge on any atom is -0.382 e. The molecule has 4 saturated carbocycles. The van der Waals surface area contributed by atoms with Crippen LogP contribution in [0.4, 0.5) is 5.69 Å². The highest BCUT2D eigenvalue weighted by Crippen LogP contribution is 2.23. The van der Waals surface area contributed by atoms with Gasteiger partial charge in [-0.2, -0.15) is 0 Å². The molecule has 0 unspecified atom stereocenters. The smallest absolute Gasteiger partial charge is 0.0342 e. The molecule has 0 atom stereocenters. The summed E-state index contributed by atoms with van der Waals surface area (Å²) in [6.07, 6.45) is 28.1. The minimum absolute atomic E-state index is 0.536.